The molecule has 3 aromatic rings. The number of amides is 1. The quantitative estimate of drug-likeness (QED) is 0.631. The minimum atomic E-state index is -0.0474. The second-order valence-corrected chi connectivity index (χ2v) is 7.60. The number of hydrogen-bond donors (Lipinski definition) is 0. The van der Waals surface area contributed by atoms with E-state index in [0.29, 0.717) is 36.2 Å². The lowest BCUT2D eigenvalue weighted by molar-refractivity contribution is 0.0985. The smallest absolute Gasteiger partial charge is 0.260 e. The van der Waals surface area contributed by atoms with Crippen LogP contribution in [0.4, 0.5) is 5.13 Å². The molecule has 0 atom stereocenters. The van der Waals surface area contributed by atoms with Gasteiger partial charge in [-0.1, -0.05) is 29.5 Å². The molecule has 0 unspecified atom stereocenters. The fourth-order valence-corrected chi connectivity index (χ4v) is 3.89. The minimum Gasteiger partial charge on any atom is -0.486 e. The standard InChI is InChI=1S/C20H21N3O3S.ClH/c1-22(2)8-9-23(19(24)14-6-4-3-5-7-14)20-21-15-12-16-17(13-18(15)27-20)26-11-10-25-16;/h3-7,12-13H,8-11H2,1-2H3;1H. The Morgan fingerprint density at radius 2 is 1.75 bits per heavy atom. The normalized spacial score (nSPS) is 12.7. The molecule has 28 heavy (non-hydrogen) atoms. The van der Waals surface area contributed by atoms with E-state index in [1.807, 2.05) is 56.6 Å². The molecule has 0 radical (unpaired) electrons. The first-order chi connectivity index (χ1) is 13.1. The van der Waals surface area contributed by atoms with Gasteiger partial charge in [-0.25, -0.2) is 4.98 Å². The Morgan fingerprint density at radius 1 is 1.07 bits per heavy atom. The monoisotopic (exact) mass is 419 g/mol. The van der Waals surface area contributed by atoms with Crippen LogP contribution in [0.2, 0.25) is 0 Å². The van der Waals surface area contributed by atoms with Crippen molar-refractivity contribution in [3.8, 4) is 11.5 Å². The first kappa shape index (κ1) is 20.4. The van der Waals surface area contributed by atoms with Crippen LogP contribution in [0.3, 0.4) is 0 Å². The van der Waals surface area contributed by atoms with E-state index in [4.69, 9.17) is 14.5 Å². The van der Waals surface area contributed by atoms with Crippen LogP contribution < -0.4 is 14.4 Å². The van der Waals surface area contributed by atoms with E-state index in [9.17, 15) is 4.79 Å². The fourth-order valence-electron chi connectivity index (χ4n) is 2.89. The van der Waals surface area contributed by atoms with Gasteiger partial charge in [0.25, 0.3) is 5.91 Å². The molecule has 0 N–H and O–H groups in total. The topological polar surface area (TPSA) is 54.9 Å². The van der Waals surface area contributed by atoms with E-state index in [-0.39, 0.29) is 18.3 Å². The predicted molar refractivity (Wildman–Crippen MR) is 115 cm³/mol. The third kappa shape index (κ3) is 4.22. The number of nitrogens with zero attached hydrogens (tertiary/aromatic N) is 3. The Hall–Kier alpha value is -2.35. The van der Waals surface area contributed by atoms with E-state index in [0.717, 1.165) is 22.5 Å². The number of ether oxygens (including phenoxy) is 2. The molecule has 0 saturated heterocycles. The SMILES string of the molecule is CN(C)CCN(C(=O)c1ccccc1)c1nc2cc3c(cc2s1)OCCO3.Cl. The minimum absolute atomic E-state index is 0. The summed E-state index contributed by atoms with van der Waals surface area (Å²) >= 11 is 1.49. The number of aromatic nitrogens is 1. The van der Waals surface area contributed by atoms with Crippen molar-refractivity contribution in [3.05, 3.63) is 48.0 Å². The Balaban J connectivity index is 0.00000225. The lowest BCUT2D eigenvalue weighted by atomic mass is 10.2. The largest absolute Gasteiger partial charge is 0.486 e. The maximum absolute atomic E-state index is 13.1. The Bertz CT molecular complexity index is 919. The van der Waals surface area contributed by atoms with Crippen LogP contribution in [0.25, 0.3) is 10.2 Å². The van der Waals surface area contributed by atoms with Crippen molar-refractivity contribution < 1.29 is 14.3 Å². The summed E-state index contributed by atoms with van der Waals surface area (Å²) in [7, 11) is 3.98. The highest BCUT2D eigenvalue weighted by Gasteiger charge is 2.22. The first-order valence-corrected chi connectivity index (χ1v) is 9.65. The van der Waals surface area contributed by atoms with Crippen LogP contribution in [0.5, 0.6) is 11.5 Å². The molecule has 1 aromatic heterocycles. The summed E-state index contributed by atoms with van der Waals surface area (Å²) in [6.45, 7) is 2.40. The van der Waals surface area contributed by atoms with Gasteiger partial charge in [-0.15, -0.1) is 12.4 Å². The van der Waals surface area contributed by atoms with Gasteiger partial charge >= 0.3 is 0 Å². The predicted octanol–water partition coefficient (Wildman–Crippen LogP) is 3.70. The van der Waals surface area contributed by atoms with E-state index in [2.05, 4.69) is 4.90 Å². The van der Waals surface area contributed by atoms with Gasteiger partial charge in [0, 0.05) is 30.8 Å². The molecule has 148 valence electrons. The maximum atomic E-state index is 13.1. The first-order valence-electron chi connectivity index (χ1n) is 8.83. The summed E-state index contributed by atoms with van der Waals surface area (Å²) in [5.41, 5.74) is 1.47. The van der Waals surface area contributed by atoms with Gasteiger partial charge in [-0.2, -0.15) is 0 Å². The molecule has 0 bridgehead atoms. The van der Waals surface area contributed by atoms with Crippen LogP contribution in [0, 0.1) is 0 Å². The molecule has 0 aliphatic carbocycles. The van der Waals surface area contributed by atoms with Crippen LogP contribution in [-0.2, 0) is 0 Å². The van der Waals surface area contributed by atoms with E-state index < -0.39 is 0 Å². The molecule has 1 aliphatic rings. The summed E-state index contributed by atoms with van der Waals surface area (Å²) in [5, 5.41) is 0.683. The van der Waals surface area contributed by atoms with Crippen molar-refractivity contribution in [3.63, 3.8) is 0 Å². The van der Waals surface area contributed by atoms with Crippen LogP contribution in [-0.4, -0.2) is 56.2 Å². The summed E-state index contributed by atoms with van der Waals surface area (Å²) < 4.78 is 12.3. The van der Waals surface area contributed by atoms with Crippen molar-refractivity contribution >= 4 is 45.0 Å². The van der Waals surface area contributed by atoms with E-state index in [1.165, 1.54) is 11.3 Å². The number of carbonyl (C=O) groups is 1. The average molecular weight is 420 g/mol. The Kier molecular flexibility index (Phi) is 6.39. The van der Waals surface area contributed by atoms with Gasteiger partial charge in [0.1, 0.15) is 13.2 Å². The zero-order valence-electron chi connectivity index (χ0n) is 15.8. The van der Waals surface area contributed by atoms with Crippen molar-refractivity contribution in [2.24, 2.45) is 0 Å². The summed E-state index contributed by atoms with van der Waals surface area (Å²) in [5.74, 6) is 1.40. The van der Waals surface area contributed by atoms with Crippen LogP contribution in [0.1, 0.15) is 10.4 Å². The third-order valence-electron chi connectivity index (χ3n) is 4.31. The molecule has 8 heteroatoms. The molecular formula is C20H22ClN3O3S. The Labute approximate surface area is 174 Å². The average Bonchev–Trinajstić information content (AvgIpc) is 3.09. The molecule has 0 fully saturated rings. The fraction of sp³-hybridized carbons (Fsp3) is 0.300. The zero-order chi connectivity index (χ0) is 18.8. The van der Waals surface area contributed by atoms with Gasteiger partial charge in [0.2, 0.25) is 0 Å². The highest BCUT2D eigenvalue weighted by molar-refractivity contribution is 7.22. The molecule has 1 aliphatic heterocycles. The third-order valence-corrected chi connectivity index (χ3v) is 5.35. The molecular weight excluding hydrogens is 398 g/mol. The Morgan fingerprint density at radius 3 is 2.43 bits per heavy atom. The van der Waals surface area contributed by atoms with Gasteiger partial charge in [0.05, 0.1) is 10.2 Å². The summed E-state index contributed by atoms with van der Waals surface area (Å²) in [6.07, 6.45) is 0. The van der Waals surface area contributed by atoms with Crippen LogP contribution in [0.15, 0.2) is 42.5 Å². The molecule has 4 rings (SSSR count). The van der Waals surface area contributed by atoms with Crippen molar-refractivity contribution in [2.75, 3.05) is 45.3 Å². The highest BCUT2D eigenvalue weighted by atomic mass is 35.5. The van der Waals surface area contributed by atoms with Crippen molar-refractivity contribution in [1.82, 2.24) is 9.88 Å². The van der Waals surface area contributed by atoms with Gasteiger partial charge in [0.15, 0.2) is 16.6 Å². The molecule has 2 aromatic carbocycles. The second kappa shape index (κ2) is 8.77. The lowest BCUT2D eigenvalue weighted by Crippen LogP contribution is -2.36. The number of benzene rings is 2. The number of thiazole rings is 1. The molecule has 0 saturated carbocycles. The molecule has 6 nitrogen and oxygen atoms in total. The summed E-state index contributed by atoms with van der Waals surface area (Å²) in [6, 6.07) is 13.2. The van der Waals surface area contributed by atoms with Gasteiger partial charge in [-0.05, 0) is 26.2 Å². The maximum Gasteiger partial charge on any atom is 0.260 e. The molecule has 1 amide bonds. The van der Waals surface area contributed by atoms with E-state index in [1.54, 1.807) is 4.90 Å². The van der Waals surface area contributed by atoms with Crippen molar-refractivity contribution in [2.45, 2.75) is 0 Å². The number of fused-ring (bicyclic) bond motifs is 2. The highest BCUT2D eigenvalue weighted by Crippen LogP contribution is 2.39. The van der Waals surface area contributed by atoms with Gasteiger partial charge < -0.3 is 14.4 Å². The van der Waals surface area contributed by atoms with Gasteiger partial charge in [-0.3, -0.25) is 9.69 Å². The summed E-state index contributed by atoms with van der Waals surface area (Å²) in [4.78, 5) is 21.6. The molecule has 0 spiro atoms. The molecule has 2 heterocycles. The number of likely N-dealkylation sites (N-methyl/N-ethyl adjacent to an activating group) is 1. The number of rotatable bonds is 5. The zero-order valence-corrected chi connectivity index (χ0v) is 17.4. The lowest BCUT2D eigenvalue weighted by Gasteiger charge is -2.22. The number of halogens is 1. The second-order valence-electron chi connectivity index (χ2n) is 6.59. The van der Waals surface area contributed by atoms with E-state index >= 15 is 0 Å². The number of hydrogen-bond acceptors (Lipinski definition) is 6. The number of carbonyl (C=O) groups excluding carboxylic acids is 1. The van der Waals surface area contributed by atoms with Crippen molar-refractivity contribution in [1.29, 1.82) is 0 Å². The number of anilines is 1. The van der Waals surface area contributed by atoms with Crippen LogP contribution >= 0.6 is 23.7 Å².